The lowest BCUT2D eigenvalue weighted by Crippen LogP contribution is -2.52. The van der Waals surface area contributed by atoms with Crippen LogP contribution in [0.25, 0.3) is 0 Å². The average molecular weight is 397 g/mol. The molecular formula is C24H29FN2O2. The number of piperidine rings is 1. The van der Waals surface area contributed by atoms with Gasteiger partial charge in [0, 0.05) is 32.1 Å². The minimum absolute atomic E-state index is 0.0682. The van der Waals surface area contributed by atoms with Crippen LogP contribution in [0.5, 0.6) is 5.75 Å². The SMILES string of the molecule is C=C(C)COc1ccccc1CN1CCC(NC(C)=O)(c2ccc(F)cc2)CC1. The van der Waals surface area contributed by atoms with Crippen molar-refractivity contribution in [3.63, 3.8) is 0 Å². The van der Waals surface area contributed by atoms with Crippen LogP contribution in [0.3, 0.4) is 0 Å². The molecule has 0 aromatic heterocycles. The third-order valence-corrected chi connectivity index (χ3v) is 5.36. The maximum absolute atomic E-state index is 13.4. The van der Waals surface area contributed by atoms with E-state index in [1.54, 1.807) is 12.1 Å². The predicted molar refractivity (Wildman–Crippen MR) is 113 cm³/mol. The Morgan fingerprint density at radius 2 is 1.79 bits per heavy atom. The van der Waals surface area contributed by atoms with Gasteiger partial charge in [-0.1, -0.05) is 36.9 Å². The number of rotatable bonds is 7. The van der Waals surface area contributed by atoms with Gasteiger partial charge in [0.1, 0.15) is 18.2 Å². The number of benzene rings is 2. The fourth-order valence-corrected chi connectivity index (χ4v) is 3.90. The monoisotopic (exact) mass is 396 g/mol. The van der Waals surface area contributed by atoms with E-state index in [1.807, 2.05) is 25.1 Å². The summed E-state index contributed by atoms with van der Waals surface area (Å²) >= 11 is 0. The summed E-state index contributed by atoms with van der Waals surface area (Å²) in [5, 5.41) is 3.14. The number of para-hydroxylation sites is 1. The number of hydrogen-bond donors (Lipinski definition) is 1. The van der Waals surface area contributed by atoms with E-state index in [1.165, 1.54) is 19.1 Å². The van der Waals surface area contributed by atoms with Crippen molar-refractivity contribution >= 4 is 5.91 Å². The number of nitrogens with one attached hydrogen (secondary N) is 1. The summed E-state index contributed by atoms with van der Waals surface area (Å²) in [7, 11) is 0. The minimum atomic E-state index is -0.452. The summed E-state index contributed by atoms with van der Waals surface area (Å²) in [4.78, 5) is 14.2. The first kappa shape index (κ1) is 21.1. The third kappa shape index (κ3) is 5.45. The van der Waals surface area contributed by atoms with Crippen molar-refractivity contribution in [3.8, 4) is 5.75 Å². The normalized spacial score (nSPS) is 16.2. The molecule has 154 valence electrons. The molecule has 0 radical (unpaired) electrons. The van der Waals surface area contributed by atoms with E-state index in [4.69, 9.17) is 4.74 Å². The smallest absolute Gasteiger partial charge is 0.217 e. The molecule has 0 spiro atoms. The van der Waals surface area contributed by atoms with Gasteiger partial charge < -0.3 is 10.1 Å². The molecular weight excluding hydrogens is 367 g/mol. The van der Waals surface area contributed by atoms with Gasteiger partial charge in [-0.15, -0.1) is 0 Å². The van der Waals surface area contributed by atoms with Crippen LogP contribution in [0, 0.1) is 5.82 Å². The highest BCUT2D eigenvalue weighted by atomic mass is 19.1. The highest BCUT2D eigenvalue weighted by Crippen LogP contribution is 2.34. The van der Waals surface area contributed by atoms with Crippen molar-refractivity contribution in [2.75, 3.05) is 19.7 Å². The molecule has 0 saturated carbocycles. The molecule has 0 aliphatic carbocycles. The molecule has 1 saturated heterocycles. The van der Waals surface area contributed by atoms with Crippen LogP contribution >= 0.6 is 0 Å². The Labute approximate surface area is 172 Å². The van der Waals surface area contributed by atoms with E-state index in [0.29, 0.717) is 6.61 Å². The molecule has 1 aliphatic heterocycles. The fraction of sp³-hybridized carbons (Fsp3) is 0.375. The van der Waals surface area contributed by atoms with Gasteiger partial charge in [0.05, 0.1) is 5.54 Å². The second-order valence-corrected chi connectivity index (χ2v) is 7.90. The van der Waals surface area contributed by atoms with E-state index in [2.05, 4.69) is 22.9 Å². The van der Waals surface area contributed by atoms with Gasteiger partial charge in [-0.05, 0) is 49.1 Å². The van der Waals surface area contributed by atoms with Crippen molar-refractivity contribution in [2.45, 2.75) is 38.8 Å². The predicted octanol–water partition coefficient (Wildman–Crippen LogP) is 4.41. The zero-order chi connectivity index (χ0) is 20.9. The Balaban J connectivity index is 1.71. The van der Waals surface area contributed by atoms with Crippen LogP contribution in [0.4, 0.5) is 4.39 Å². The Morgan fingerprint density at radius 3 is 2.41 bits per heavy atom. The topological polar surface area (TPSA) is 41.6 Å². The zero-order valence-electron chi connectivity index (χ0n) is 17.2. The number of ether oxygens (including phenoxy) is 1. The Morgan fingerprint density at radius 1 is 1.14 bits per heavy atom. The summed E-state index contributed by atoms with van der Waals surface area (Å²) in [5.74, 6) is 0.546. The molecule has 4 nitrogen and oxygen atoms in total. The van der Waals surface area contributed by atoms with Gasteiger partial charge in [0.15, 0.2) is 0 Å². The molecule has 1 N–H and O–H groups in total. The lowest BCUT2D eigenvalue weighted by molar-refractivity contribution is -0.121. The fourth-order valence-electron chi connectivity index (χ4n) is 3.90. The Bertz CT molecular complexity index is 855. The van der Waals surface area contributed by atoms with E-state index in [9.17, 15) is 9.18 Å². The highest BCUT2D eigenvalue weighted by Gasteiger charge is 2.37. The van der Waals surface area contributed by atoms with Gasteiger partial charge in [-0.2, -0.15) is 0 Å². The summed E-state index contributed by atoms with van der Waals surface area (Å²) in [6, 6.07) is 14.5. The largest absolute Gasteiger partial charge is 0.489 e. The number of halogens is 1. The Kier molecular flexibility index (Phi) is 6.70. The first-order valence-electron chi connectivity index (χ1n) is 10.0. The first-order valence-corrected chi connectivity index (χ1v) is 10.0. The van der Waals surface area contributed by atoms with E-state index in [0.717, 1.165) is 54.9 Å². The summed E-state index contributed by atoms with van der Waals surface area (Å²) in [6.07, 6.45) is 1.54. The van der Waals surface area contributed by atoms with Gasteiger partial charge >= 0.3 is 0 Å². The number of amides is 1. The molecule has 1 amide bonds. The van der Waals surface area contributed by atoms with Gasteiger partial charge in [0.2, 0.25) is 5.91 Å². The standard InChI is InChI=1S/C24H29FN2O2/c1-18(2)17-29-23-7-5-4-6-20(23)16-27-14-12-24(13-15-27,26-19(3)28)21-8-10-22(25)11-9-21/h4-11H,1,12-17H2,2-3H3,(H,26,28). The number of carbonyl (C=O) groups is 1. The highest BCUT2D eigenvalue weighted by molar-refractivity contribution is 5.74. The van der Waals surface area contributed by atoms with Crippen molar-refractivity contribution in [3.05, 3.63) is 77.6 Å². The van der Waals surface area contributed by atoms with Crippen LogP contribution in [-0.4, -0.2) is 30.5 Å². The number of hydrogen-bond acceptors (Lipinski definition) is 3. The Hall–Kier alpha value is -2.66. The van der Waals surface area contributed by atoms with Crippen LogP contribution < -0.4 is 10.1 Å². The van der Waals surface area contributed by atoms with E-state index in [-0.39, 0.29) is 11.7 Å². The summed E-state index contributed by atoms with van der Waals surface area (Å²) in [6.45, 7) is 10.3. The molecule has 29 heavy (non-hydrogen) atoms. The van der Waals surface area contributed by atoms with Crippen molar-refractivity contribution in [1.82, 2.24) is 10.2 Å². The van der Waals surface area contributed by atoms with Gasteiger partial charge in [-0.25, -0.2) is 4.39 Å². The molecule has 0 atom stereocenters. The molecule has 3 rings (SSSR count). The zero-order valence-corrected chi connectivity index (χ0v) is 17.2. The average Bonchev–Trinajstić information content (AvgIpc) is 2.69. The second kappa shape index (κ2) is 9.23. The van der Waals surface area contributed by atoms with Crippen LogP contribution in [0.15, 0.2) is 60.7 Å². The summed E-state index contributed by atoms with van der Waals surface area (Å²) < 4.78 is 19.3. The summed E-state index contributed by atoms with van der Waals surface area (Å²) in [5.41, 5.74) is 2.63. The van der Waals surface area contributed by atoms with Crippen molar-refractivity contribution in [1.29, 1.82) is 0 Å². The van der Waals surface area contributed by atoms with E-state index >= 15 is 0 Å². The molecule has 5 heteroatoms. The number of nitrogens with zero attached hydrogens (tertiary/aromatic N) is 1. The van der Waals surface area contributed by atoms with Gasteiger partial charge in [-0.3, -0.25) is 9.69 Å². The quantitative estimate of drug-likeness (QED) is 0.705. The molecule has 1 aliphatic rings. The molecule has 2 aromatic rings. The second-order valence-electron chi connectivity index (χ2n) is 7.90. The lowest BCUT2D eigenvalue weighted by Gasteiger charge is -2.42. The molecule has 1 heterocycles. The van der Waals surface area contributed by atoms with Crippen molar-refractivity contribution < 1.29 is 13.9 Å². The molecule has 1 fully saturated rings. The minimum Gasteiger partial charge on any atom is -0.489 e. The van der Waals surface area contributed by atoms with Crippen LogP contribution in [-0.2, 0) is 16.9 Å². The van der Waals surface area contributed by atoms with Crippen molar-refractivity contribution in [2.24, 2.45) is 0 Å². The maximum atomic E-state index is 13.4. The third-order valence-electron chi connectivity index (χ3n) is 5.36. The number of likely N-dealkylation sites (tertiary alicyclic amines) is 1. The maximum Gasteiger partial charge on any atom is 0.217 e. The molecule has 2 aromatic carbocycles. The molecule has 0 unspecified atom stereocenters. The molecule has 0 bridgehead atoms. The van der Waals surface area contributed by atoms with Gasteiger partial charge in [0.25, 0.3) is 0 Å². The lowest BCUT2D eigenvalue weighted by atomic mass is 9.80. The first-order chi connectivity index (χ1) is 13.9. The van der Waals surface area contributed by atoms with Crippen LogP contribution in [0.2, 0.25) is 0 Å². The van der Waals surface area contributed by atoms with E-state index < -0.39 is 5.54 Å². The number of carbonyl (C=O) groups excluding carboxylic acids is 1. The van der Waals surface area contributed by atoms with Crippen LogP contribution in [0.1, 0.15) is 37.8 Å².